The number of hydrogen-bond acceptors (Lipinski definition) is 4. The second-order valence-electron chi connectivity index (χ2n) is 5.35. The Morgan fingerprint density at radius 1 is 0.696 bits per heavy atom. The number of sulfone groups is 2. The summed E-state index contributed by atoms with van der Waals surface area (Å²) in [6.07, 6.45) is 1.38. The molecular formula is C17H20O4S2. The van der Waals surface area contributed by atoms with Gasteiger partial charge in [-0.1, -0.05) is 38.1 Å². The van der Waals surface area contributed by atoms with Crippen LogP contribution in [0.1, 0.15) is 25.0 Å². The maximum Gasteiger partial charge on any atom is 0.193 e. The highest BCUT2D eigenvalue weighted by Crippen LogP contribution is 2.20. The summed E-state index contributed by atoms with van der Waals surface area (Å²) in [5.74, 6) is 0. The molecule has 4 nitrogen and oxygen atoms in total. The first-order chi connectivity index (χ1) is 10.8. The lowest BCUT2D eigenvalue weighted by Gasteiger charge is -2.08. The molecular weight excluding hydrogens is 332 g/mol. The number of aryl methyl sites for hydroxylation is 2. The summed E-state index contributed by atoms with van der Waals surface area (Å²) in [6, 6.07) is 12.8. The van der Waals surface area contributed by atoms with E-state index < -0.39 is 24.8 Å². The molecule has 0 fully saturated rings. The lowest BCUT2D eigenvalue weighted by atomic mass is 10.2. The number of benzene rings is 2. The van der Waals surface area contributed by atoms with Crippen LogP contribution in [0.3, 0.4) is 0 Å². The fourth-order valence-electron chi connectivity index (χ4n) is 2.26. The fraction of sp³-hybridized carbons (Fsp3) is 0.294. The molecule has 0 spiro atoms. The van der Waals surface area contributed by atoms with E-state index in [2.05, 4.69) is 0 Å². The van der Waals surface area contributed by atoms with E-state index in [1.54, 1.807) is 12.1 Å². The monoisotopic (exact) mass is 352 g/mol. The highest BCUT2D eigenvalue weighted by atomic mass is 32.3. The molecule has 6 heteroatoms. The van der Waals surface area contributed by atoms with Crippen molar-refractivity contribution in [1.29, 1.82) is 0 Å². The van der Waals surface area contributed by atoms with E-state index in [1.165, 1.54) is 24.3 Å². The summed E-state index contributed by atoms with van der Waals surface area (Å²) < 4.78 is 49.9. The van der Waals surface area contributed by atoms with Crippen LogP contribution < -0.4 is 0 Å². The Morgan fingerprint density at radius 2 is 1.09 bits per heavy atom. The molecule has 23 heavy (non-hydrogen) atoms. The van der Waals surface area contributed by atoms with E-state index in [0.717, 1.165) is 11.1 Å². The third kappa shape index (κ3) is 4.20. The van der Waals surface area contributed by atoms with Gasteiger partial charge in [0.15, 0.2) is 24.8 Å². The predicted molar refractivity (Wildman–Crippen MR) is 90.9 cm³/mol. The van der Waals surface area contributed by atoms with Crippen LogP contribution in [-0.2, 0) is 32.5 Å². The van der Waals surface area contributed by atoms with E-state index in [9.17, 15) is 16.8 Å². The van der Waals surface area contributed by atoms with Gasteiger partial charge in [-0.15, -0.1) is 0 Å². The van der Waals surface area contributed by atoms with Gasteiger partial charge in [-0.05, 0) is 48.2 Å². The van der Waals surface area contributed by atoms with E-state index in [0.29, 0.717) is 12.8 Å². The van der Waals surface area contributed by atoms with Crippen LogP contribution in [0.25, 0.3) is 0 Å². The average Bonchev–Trinajstić information content (AvgIpc) is 2.54. The van der Waals surface area contributed by atoms with Gasteiger partial charge in [0.2, 0.25) is 0 Å². The molecule has 0 bridgehead atoms. The van der Waals surface area contributed by atoms with E-state index >= 15 is 0 Å². The average molecular weight is 352 g/mol. The van der Waals surface area contributed by atoms with E-state index in [1.807, 2.05) is 26.0 Å². The molecule has 0 heterocycles. The van der Waals surface area contributed by atoms with Crippen molar-refractivity contribution in [1.82, 2.24) is 0 Å². The maximum atomic E-state index is 12.5. The van der Waals surface area contributed by atoms with Gasteiger partial charge in [-0.2, -0.15) is 0 Å². The Hall–Kier alpha value is -1.66. The molecule has 2 aromatic carbocycles. The first kappa shape index (κ1) is 17.7. The molecule has 0 unspecified atom stereocenters. The molecule has 0 atom stereocenters. The molecule has 0 saturated heterocycles. The quantitative estimate of drug-likeness (QED) is 0.801. The van der Waals surface area contributed by atoms with Gasteiger partial charge in [0, 0.05) is 0 Å². The molecule has 0 saturated carbocycles. The third-order valence-electron chi connectivity index (χ3n) is 3.64. The Bertz CT molecular complexity index is 822. The Kier molecular flexibility index (Phi) is 5.26. The first-order valence-electron chi connectivity index (χ1n) is 7.42. The second-order valence-corrected chi connectivity index (χ2v) is 9.69. The SMILES string of the molecule is CCc1cccc(S(=O)(=O)CS(=O)(=O)c2cccc(CC)c2)c1. The molecule has 0 aromatic heterocycles. The normalized spacial score (nSPS) is 12.3. The topological polar surface area (TPSA) is 68.3 Å². The Labute approximate surface area is 138 Å². The molecule has 2 aromatic rings. The van der Waals surface area contributed by atoms with Gasteiger partial charge in [0.1, 0.15) is 0 Å². The zero-order valence-electron chi connectivity index (χ0n) is 13.2. The van der Waals surface area contributed by atoms with Crippen molar-refractivity contribution in [3.8, 4) is 0 Å². The van der Waals surface area contributed by atoms with Crippen LogP contribution in [0.5, 0.6) is 0 Å². The second kappa shape index (κ2) is 6.84. The molecule has 0 aliphatic carbocycles. The molecule has 0 amide bonds. The molecule has 0 N–H and O–H groups in total. The molecule has 0 radical (unpaired) electrons. The van der Waals surface area contributed by atoms with Gasteiger partial charge in [-0.25, -0.2) is 16.8 Å². The van der Waals surface area contributed by atoms with Gasteiger partial charge < -0.3 is 0 Å². The van der Waals surface area contributed by atoms with Crippen LogP contribution in [0.15, 0.2) is 58.3 Å². The Morgan fingerprint density at radius 3 is 1.43 bits per heavy atom. The highest BCUT2D eigenvalue weighted by molar-refractivity contribution is 8.08. The number of hydrogen-bond donors (Lipinski definition) is 0. The summed E-state index contributed by atoms with van der Waals surface area (Å²) in [7, 11) is -7.81. The smallest absolute Gasteiger partial charge is 0.193 e. The summed E-state index contributed by atoms with van der Waals surface area (Å²) in [4.78, 5) is 0.0964. The minimum atomic E-state index is -3.91. The largest absolute Gasteiger partial charge is 0.223 e. The van der Waals surface area contributed by atoms with E-state index in [-0.39, 0.29) is 9.79 Å². The van der Waals surface area contributed by atoms with Crippen LogP contribution in [0.4, 0.5) is 0 Å². The van der Waals surface area contributed by atoms with Crippen molar-refractivity contribution in [3.63, 3.8) is 0 Å². The van der Waals surface area contributed by atoms with Crippen LogP contribution >= 0.6 is 0 Å². The standard InChI is InChI=1S/C17H20O4S2/c1-3-14-7-5-9-16(11-14)22(18,19)13-23(20,21)17-10-6-8-15(4-2)12-17/h5-12H,3-4,13H2,1-2H3. The van der Waals surface area contributed by atoms with Crippen molar-refractivity contribution < 1.29 is 16.8 Å². The van der Waals surface area contributed by atoms with Gasteiger partial charge in [0.05, 0.1) is 9.79 Å². The zero-order chi connectivity index (χ0) is 17.1. The number of rotatable bonds is 6. The maximum absolute atomic E-state index is 12.5. The van der Waals surface area contributed by atoms with E-state index in [4.69, 9.17) is 0 Å². The molecule has 0 aliphatic heterocycles. The molecule has 0 aliphatic rings. The minimum absolute atomic E-state index is 0.0482. The zero-order valence-corrected chi connectivity index (χ0v) is 14.8. The van der Waals surface area contributed by atoms with Gasteiger partial charge in [-0.3, -0.25) is 0 Å². The molecule has 124 valence electrons. The van der Waals surface area contributed by atoms with Crippen LogP contribution in [0.2, 0.25) is 0 Å². The van der Waals surface area contributed by atoms with Crippen LogP contribution in [-0.4, -0.2) is 21.9 Å². The van der Waals surface area contributed by atoms with Crippen molar-refractivity contribution in [2.45, 2.75) is 36.5 Å². The summed E-state index contributed by atoms with van der Waals surface area (Å²) in [5.41, 5.74) is 1.72. The highest BCUT2D eigenvalue weighted by Gasteiger charge is 2.26. The summed E-state index contributed by atoms with van der Waals surface area (Å²) in [6.45, 7) is 3.83. The van der Waals surface area contributed by atoms with Crippen molar-refractivity contribution in [3.05, 3.63) is 59.7 Å². The van der Waals surface area contributed by atoms with Crippen molar-refractivity contribution >= 4 is 19.7 Å². The molecule has 2 rings (SSSR count). The summed E-state index contributed by atoms with van der Waals surface area (Å²) in [5, 5.41) is -0.916. The summed E-state index contributed by atoms with van der Waals surface area (Å²) >= 11 is 0. The first-order valence-corrected chi connectivity index (χ1v) is 10.7. The van der Waals surface area contributed by atoms with Crippen LogP contribution in [0, 0.1) is 0 Å². The fourth-order valence-corrected chi connectivity index (χ4v) is 6.21. The third-order valence-corrected chi connectivity index (χ3v) is 8.07. The van der Waals surface area contributed by atoms with Crippen molar-refractivity contribution in [2.24, 2.45) is 0 Å². The van der Waals surface area contributed by atoms with Gasteiger partial charge >= 0.3 is 0 Å². The lowest BCUT2D eigenvalue weighted by Crippen LogP contribution is -2.17. The van der Waals surface area contributed by atoms with Crippen molar-refractivity contribution in [2.75, 3.05) is 5.08 Å². The van der Waals surface area contributed by atoms with Gasteiger partial charge in [0.25, 0.3) is 0 Å². The minimum Gasteiger partial charge on any atom is -0.223 e. The lowest BCUT2D eigenvalue weighted by molar-refractivity contribution is 0.588. The Balaban J connectivity index is 2.38. The predicted octanol–water partition coefficient (Wildman–Crippen LogP) is 3.02.